The fourth-order valence-electron chi connectivity index (χ4n) is 2.71. The van der Waals surface area contributed by atoms with Crippen molar-refractivity contribution in [2.24, 2.45) is 5.92 Å². The quantitative estimate of drug-likeness (QED) is 0.821. The van der Waals surface area contributed by atoms with Crippen LogP contribution in [0.5, 0.6) is 0 Å². The molecular formula is C14H23N3. The highest BCUT2D eigenvalue weighted by Crippen LogP contribution is 2.29. The summed E-state index contributed by atoms with van der Waals surface area (Å²) in [5.41, 5.74) is 8.07. The molecule has 1 fully saturated rings. The molecule has 94 valence electrons. The lowest BCUT2D eigenvalue weighted by Gasteiger charge is -2.13. The van der Waals surface area contributed by atoms with Gasteiger partial charge in [0.05, 0.1) is 0 Å². The lowest BCUT2D eigenvalue weighted by Crippen LogP contribution is -2.27. The first-order chi connectivity index (χ1) is 8.29. The number of nitrogens with zero attached hydrogens (tertiary/aromatic N) is 1. The Kier molecular flexibility index (Phi) is 4.37. The molecule has 3 nitrogen and oxygen atoms in total. The average molecular weight is 233 g/mol. The monoisotopic (exact) mass is 233 g/mol. The van der Waals surface area contributed by atoms with Crippen molar-refractivity contribution in [2.45, 2.75) is 45.1 Å². The number of pyridine rings is 1. The predicted molar refractivity (Wildman–Crippen MR) is 71.8 cm³/mol. The molecule has 3 heteroatoms. The SMILES string of the molecule is CCCNC1CCC(Cc2cnccc2N)C1. The third-order valence-corrected chi connectivity index (χ3v) is 3.67. The number of nitrogens with one attached hydrogen (secondary N) is 1. The van der Waals surface area contributed by atoms with Gasteiger partial charge in [-0.3, -0.25) is 4.98 Å². The summed E-state index contributed by atoms with van der Waals surface area (Å²) in [6.45, 7) is 3.36. The van der Waals surface area contributed by atoms with E-state index in [0.717, 1.165) is 30.6 Å². The minimum Gasteiger partial charge on any atom is -0.398 e. The Hall–Kier alpha value is -1.09. The van der Waals surface area contributed by atoms with Crippen LogP contribution in [0.25, 0.3) is 0 Å². The van der Waals surface area contributed by atoms with Crippen molar-refractivity contribution >= 4 is 5.69 Å². The summed E-state index contributed by atoms with van der Waals surface area (Å²) in [5.74, 6) is 0.774. The number of rotatable bonds is 5. The van der Waals surface area contributed by atoms with Crippen LogP contribution in [0.2, 0.25) is 0 Å². The third kappa shape index (κ3) is 3.43. The van der Waals surface area contributed by atoms with E-state index in [-0.39, 0.29) is 0 Å². The van der Waals surface area contributed by atoms with Crippen molar-refractivity contribution in [2.75, 3.05) is 12.3 Å². The van der Waals surface area contributed by atoms with E-state index in [1.165, 1.54) is 31.2 Å². The third-order valence-electron chi connectivity index (χ3n) is 3.67. The second-order valence-electron chi connectivity index (χ2n) is 5.11. The van der Waals surface area contributed by atoms with Crippen LogP contribution in [0.3, 0.4) is 0 Å². The van der Waals surface area contributed by atoms with Gasteiger partial charge in [-0.05, 0) is 56.2 Å². The molecule has 0 saturated heterocycles. The van der Waals surface area contributed by atoms with E-state index in [0.29, 0.717) is 0 Å². The highest BCUT2D eigenvalue weighted by molar-refractivity contribution is 5.44. The van der Waals surface area contributed by atoms with Crippen LogP contribution < -0.4 is 11.1 Å². The highest BCUT2D eigenvalue weighted by Gasteiger charge is 2.24. The van der Waals surface area contributed by atoms with Crippen LogP contribution in [-0.4, -0.2) is 17.6 Å². The van der Waals surface area contributed by atoms with Gasteiger partial charge in [0.1, 0.15) is 0 Å². The molecule has 0 bridgehead atoms. The van der Waals surface area contributed by atoms with E-state index in [1.807, 2.05) is 12.3 Å². The smallest absolute Gasteiger partial charge is 0.0377 e. The van der Waals surface area contributed by atoms with Gasteiger partial charge in [0.25, 0.3) is 0 Å². The number of hydrogen-bond acceptors (Lipinski definition) is 3. The van der Waals surface area contributed by atoms with E-state index >= 15 is 0 Å². The zero-order chi connectivity index (χ0) is 12.1. The lowest BCUT2D eigenvalue weighted by molar-refractivity contribution is 0.484. The Balaban J connectivity index is 1.83. The Morgan fingerprint density at radius 3 is 3.12 bits per heavy atom. The molecule has 0 spiro atoms. The van der Waals surface area contributed by atoms with Gasteiger partial charge < -0.3 is 11.1 Å². The number of hydrogen-bond donors (Lipinski definition) is 2. The maximum Gasteiger partial charge on any atom is 0.0377 e. The van der Waals surface area contributed by atoms with Crippen molar-refractivity contribution in [1.82, 2.24) is 10.3 Å². The summed E-state index contributed by atoms with van der Waals surface area (Å²) in [7, 11) is 0. The van der Waals surface area contributed by atoms with Crippen LogP contribution in [-0.2, 0) is 6.42 Å². The number of nitrogen functional groups attached to an aromatic ring is 1. The number of aromatic nitrogens is 1. The molecule has 1 heterocycles. The van der Waals surface area contributed by atoms with Crippen molar-refractivity contribution in [3.63, 3.8) is 0 Å². The molecule has 1 aliphatic carbocycles. The summed E-state index contributed by atoms with van der Waals surface area (Å²) >= 11 is 0. The zero-order valence-corrected chi connectivity index (χ0v) is 10.7. The molecular weight excluding hydrogens is 210 g/mol. The summed E-state index contributed by atoms with van der Waals surface area (Å²) in [6.07, 6.45) is 9.90. The second-order valence-corrected chi connectivity index (χ2v) is 5.11. The van der Waals surface area contributed by atoms with Crippen LogP contribution in [0.15, 0.2) is 18.5 Å². The summed E-state index contributed by atoms with van der Waals surface area (Å²) in [5, 5.41) is 3.61. The van der Waals surface area contributed by atoms with Crippen molar-refractivity contribution in [1.29, 1.82) is 0 Å². The summed E-state index contributed by atoms with van der Waals surface area (Å²) in [6, 6.07) is 2.62. The summed E-state index contributed by atoms with van der Waals surface area (Å²) in [4.78, 5) is 4.16. The van der Waals surface area contributed by atoms with Crippen molar-refractivity contribution in [3.05, 3.63) is 24.0 Å². The van der Waals surface area contributed by atoms with Gasteiger partial charge in [0.2, 0.25) is 0 Å². The first-order valence-corrected chi connectivity index (χ1v) is 6.71. The standard InChI is InChI=1S/C14H23N3/c1-2-6-17-13-4-3-11(9-13)8-12-10-16-7-5-14(12)15/h5,7,10-11,13,17H,2-4,6,8-9H2,1H3,(H2,15,16). The average Bonchev–Trinajstić information content (AvgIpc) is 2.77. The summed E-state index contributed by atoms with van der Waals surface area (Å²) < 4.78 is 0. The van der Waals surface area contributed by atoms with Gasteiger partial charge in [0.15, 0.2) is 0 Å². The van der Waals surface area contributed by atoms with E-state index < -0.39 is 0 Å². The Bertz CT molecular complexity index is 351. The number of nitrogens with two attached hydrogens (primary N) is 1. The molecule has 1 aromatic heterocycles. The molecule has 0 aliphatic heterocycles. The maximum absolute atomic E-state index is 5.96. The Labute approximate surface area is 104 Å². The number of anilines is 1. The molecule has 1 aliphatic rings. The molecule has 0 radical (unpaired) electrons. The van der Waals surface area contributed by atoms with Gasteiger partial charge >= 0.3 is 0 Å². The van der Waals surface area contributed by atoms with Crippen molar-refractivity contribution in [3.8, 4) is 0 Å². The van der Waals surface area contributed by atoms with Crippen LogP contribution in [0, 0.1) is 5.92 Å². The second kappa shape index (κ2) is 6.01. The first kappa shape index (κ1) is 12.4. The predicted octanol–water partition coefficient (Wildman–Crippen LogP) is 2.37. The van der Waals surface area contributed by atoms with Gasteiger partial charge in [0, 0.05) is 24.1 Å². The van der Waals surface area contributed by atoms with Gasteiger partial charge in [-0.1, -0.05) is 6.92 Å². The minimum atomic E-state index is 0.720. The van der Waals surface area contributed by atoms with E-state index in [4.69, 9.17) is 5.73 Å². The van der Waals surface area contributed by atoms with Gasteiger partial charge in [-0.2, -0.15) is 0 Å². The molecule has 2 unspecified atom stereocenters. The molecule has 0 amide bonds. The maximum atomic E-state index is 5.96. The van der Waals surface area contributed by atoms with E-state index in [9.17, 15) is 0 Å². The molecule has 1 aromatic rings. The topological polar surface area (TPSA) is 50.9 Å². The molecule has 2 rings (SSSR count). The normalized spacial score (nSPS) is 24.1. The van der Waals surface area contributed by atoms with Crippen molar-refractivity contribution < 1.29 is 0 Å². The Morgan fingerprint density at radius 1 is 1.47 bits per heavy atom. The molecule has 1 saturated carbocycles. The lowest BCUT2D eigenvalue weighted by atomic mass is 9.98. The van der Waals surface area contributed by atoms with Crippen LogP contribution in [0.1, 0.15) is 38.2 Å². The van der Waals surface area contributed by atoms with Crippen LogP contribution in [0.4, 0.5) is 5.69 Å². The molecule has 17 heavy (non-hydrogen) atoms. The van der Waals surface area contributed by atoms with Gasteiger partial charge in [-0.15, -0.1) is 0 Å². The fraction of sp³-hybridized carbons (Fsp3) is 0.643. The van der Waals surface area contributed by atoms with Gasteiger partial charge in [-0.25, -0.2) is 0 Å². The largest absolute Gasteiger partial charge is 0.398 e. The molecule has 0 aromatic carbocycles. The minimum absolute atomic E-state index is 0.720. The van der Waals surface area contributed by atoms with E-state index in [1.54, 1.807) is 6.20 Å². The molecule has 2 atom stereocenters. The zero-order valence-electron chi connectivity index (χ0n) is 10.7. The Morgan fingerprint density at radius 2 is 2.35 bits per heavy atom. The van der Waals surface area contributed by atoms with Crippen LogP contribution >= 0.6 is 0 Å². The first-order valence-electron chi connectivity index (χ1n) is 6.71. The van der Waals surface area contributed by atoms with E-state index in [2.05, 4.69) is 17.2 Å². The fourth-order valence-corrected chi connectivity index (χ4v) is 2.71. The molecule has 3 N–H and O–H groups in total. The highest BCUT2D eigenvalue weighted by atomic mass is 14.9.